The van der Waals surface area contributed by atoms with Gasteiger partial charge in [0.15, 0.2) is 0 Å². The van der Waals surface area contributed by atoms with Crippen LogP contribution in [-0.4, -0.2) is 6.54 Å². The van der Waals surface area contributed by atoms with Crippen LogP contribution in [0.4, 0.5) is 5.69 Å². The first-order valence-corrected chi connectivity index (χ1v) is 9.14. The highest BCUT2D eigenvalue weighted by atomic mass is 127. The van der Waals surface area contributed by atoms with E-state index < -0.39 is 0 Å². The second-order valence-electron chi connectivity index (χ2n) is 6.18. The van der Waals surface area contributed by atoms with Crippen LogP contribution in [0.1, 0.15) is 18.2 Å². The number of hydrogen-bond donors (Lipinski definition) is 0. The Kier molecular flexibility index (Phi) is 5.39. The largest absolute Gasteiger partial charge is 1.00 e. The summed E-state index contributed by atoms with van der Waals surface area (Å²) < 4.78 is 2.27. The van der Waals surface area contributed by atoms with Crippen LogP contribution in [0.2, 0.25) is 0 Å². The fourth-order valence-electron chi connectivity index (χ4n) is 3.28. The van der Waals surface area contributed by atoms with E-state index in [-0.39, 0.29) is 24.0 Å². The van der Waals surface area contributed by atoms with Gasteiger partial charge in [0.25, 0.3) is 0 Å². The van der Waals surface area contributed by atoms with Gasteiger partial charge in [0, 0.05) is 35.0 Å². The molecule has 0 unspecified atom stereocenters. The Morgan fingerprint density at radius 3 is 2.68 bits per heavy atom. The number of fused-ring (bicyclic) bond motifs is 2. The molecule has 0 saturated heterocycles. The third-order valence-electron chi connectivity index (χ3n) is 4.59. The molecule has 0 amide bonds. The van der Waals surface area contributed by atoms with Crippen molar-refractivity contribution in [3.05, 3.63) is 70.9 Å². The Bertz CT molecular complexity index is 965. The van der Waals surface area contributed by atoms with Gasteiger partial charge in [-0.2, -0.15) is 4.57 Å². The molecular weight excluding hydrogens is 439 g/mol. The topological polar surface area (TPSA) is 7.12 Å². The van der Waals surface area contributed by atoms with Gasteiger partial charge in [0.1, 0.15) is 7.05 Å². The van der Waals surface area contributed by atoms with Crippen molar-refractivity contribution < 1.29 is 28.5 Å². The van der Waals surface area contributed by atoms with E-state index >= 15 is 0 Å². The number of anilines is 1. The third kappa shape index (κ3) is 3.29. The van der Waals surface area contributed by atoms with Gasteiger partial charge >= 0.3 is 0 Å². The van der Waals surface area contributed by atoms with Gasteiger partial charge in [-0.3, -0.25) is 0 Å². The zero-order valence-corrected chi connectivity index (χ0v) is 17.6. The molecule has 25 heavy (non-hydrogen) atoms. The molecule has 1 aliphatic heterocycles. The molecule has 4 rings (SSSR count). The second kappa shape index (κ2) is 7.38. The van der Waals surface area contributed by atoms with Crippen LogP contribution in [0.3, 0.4) is 0 Å². The van der Waals surface area contributed by atoms with E-state index in [1.807, 2.05) is 11.8 Å². The number of nitrogens with zero attached hydrogens (tertiary/aromatic N) is 2. The molecule has 1 aliphatic rings. The van der Waals surface area contributed by atoms with E-state index in [9.17, 15) is 0 Å². The molecule has 2 heterocycles. The minimum Gasteiger partial charge on any atom is -1.00 e. The zero-order chi connectivity index (χ0) is 16.7. The molecule has 128 valence electrons. The van der Waals surface area contributed by atoms with E-state index in [0.717, 1.165) is 6.54 Å². The van der Waals surface area contributed by atoms with Gasteiger partial charge in [-0.1, -0.05) is 30.0 Å². The lowest BCUT2D eigenvalue weighted by atomic mass is 10.2. The van der Waals surface area contributed by atoms with Crippen molar-refractivity contribution >= 4 is 34.4 Å². The summed E-state index contributed by atoms with van der Waals surface area (Å²) in [6.45, 7) is 5.35. The van der Waals surface area contributed by atoms with Gasteiger partial charge in [0.2, 0.25) is 11.2 Å². The second-order valence-corrected chi connectivity index (χ2v) is 7.24. The first kappa shape index (κ1) is 18.3. The predicted octanol–water partition coefficient (Wildman–Crippen LogP) is 1.91. The van der Waals surface area contributed by atoms with Gasteiger partial charge in [-0.15, -0.1) is 0 Å². The van der Waals surface area contributed by atoms with Crippen LogP contribution < -0.4 is 33.4 Å². The number of aromatic nitrogens is 1. The van der Waals surface area contributed by atoms with Crippen molar-refractivity contribution in [1.29, 1.82) is 0 Å². The number of rotatable bonds is 2. The molecule has 3 aromatic rings. The summed E-state index contributed by atoms with van der Waals surface area (Å²) in [5, 5.41) is 2.57. The van der Waals surface area contributed by atoms with Gasteiger partial charge < -0.3 is 28.9 Å². The van der Waals surface area contributed by atoms with E-state index in [1.165, 1.54) is 37.8 Å². The fraction of sp³-hybridized carbons (Fsp3) is 0.190. The maximum absolute atomic E-state index is 2.40. The standard InChI is InChI=1S/C21H21N2S.HI/c1-4-23-19-12-9-15(2)13-20(19)24-21(23)14-17-11-10-16-7-5-6-8-18(16)22(17)3;/h5-14H,4H2,1-3H3;1H/q+1;/p-1. The minimum atomic E-state index is 0. The highest BCUT2D eigenvalue weighted by molar-refractivity contribution is 8.03. The first-order chi connectivity index (χ1) is 11.7. The van der Waals surface area contributed by atoms with Crippen LogP contribution in [0.15, 0.2) is 64.5 Å². The minimum absolute atomic E-state index is 0. The SMILES string of the molecule is CCN1/C(=C/c2ccc3ccccc3[n+]2C)Sc2cc(C)ccc21.[I-]. The Morgan fingerprint density at radius 1 is 1.08 bits per heavy atom. The quantitative estimate of drug-likeness (QED) is 0.426. The van der Waals surface area contributed by atoms with Gasteiger partial charge in [0.05, 0.1) is 10.7 Å². The molecule has 0 radical (unpaired) electrons. The van der Waals surface area contributed by atoms with Gasteiger partial charge in [-0.25, -0.2) is 0 Å². The maximum Gasteiger partial charge on any atom is 0.212 e. The molecule has 0 bridgehead atoms. The monoisotopic (exact) mass is 460 g/mol. The van der Waals surface area contributed by atoms with Crippen LogP contribution in [0.25, 0.3) is 17.0 Å². The van der Waals surface area contributed by atoms with Crippen molar-refractivity contribution in [2.75, 3.05) is 11.4 Å². The molecule has 0 N–H and O–H groups in total. The predicted molar refractivity (Wildman–Crippen MR) is 103 cm³/mol. The molecule has 0 atom stereocenters. The normalized spacial score (nSPS) is 14.7. The average Bonchev–Trinajstić information content (AvgIpc) is 2.93. The maximum atomic E-state index is 2.40. The molecule has 0 saturated carbocycles. The summed E-state index contributed by atoms with van der Waals surface area (Å²) >= 11 is 1.87. The lowest BCUT2D eigenvalue weighted by Crippen LogP contribution is -3.00. The molecule has 0 fully saturated rings. The van der Waals surface area contributed by atoms with Crippen molar-refractivity contribution in [1.82, 2.24) is 0 Å². The van der Waals surface area contributed by atoms with Crippen molar-refractivity contribution in [3.63, 3.8) is 0 Å². The number of hydrogen-bond acceptors (Lipinski definition) is 2. The molecule has 2 aromatic carbocycles. The number of benzene rings is 2. The smallest absolute Gasteiger partial charge is 0.212 e. The van der Waals surface area contributed by atoms with Gasteiger partial charge in [-0.05, 0) is 43.7 Å². The van der Waals surface area contributed by atoms with E-state index in [2.05, 4.69) is 91.0 Å². The van der Waals surface area contributed by atoms with Crippen LogP contribution in [0, 0.1) is 6.92 Å². The lowest BCUT2D eigenvalue weighted by Gasteiger charge is -2.17. The number of thioether (sulfide) groups is 1. The van der Waals surface area contributed by atoms with Crippen LogP contribution >= 0.6 is 11.8 Å². The fourth-order valence-corrected chi connectivity index (χ4v) is 4.55. The lowest BCUT2D eigenvalue weighted by molar-refractivity contribution is -0.646. The van der Waals surface area contributed by atoms with Crippen LogP contribution in [0.5, 0.6) is 0 Å². The van der Waals surface area contributed by atoms with E-state index in [4.69, 9.17) is 0 Å². The summed E-state index contributed by atoms with van der Waals surface area (Å²) in [5.41, 5.74) is 5.11. The number of para-hydroxylation sites is 1. The van der Waals surface area contributed by atoms with Crippen molar-refractivity contribution in [3.8, 4) is 0 Å². The number of aryl methyl sites for hydroxylation is 2. The van der Waals surface area contributed by atoms with Crippen molar-refractivity contribution in [2.45, 2.75) is 18.7 Å². The molecular formula is C21H21IN2S. The summed E-state index contributed by atoms with van der Waals surface area (Å²) in [4.78, 5) is 3.75. The Labute approximate surface area is 170 Å². The number of pyridine rings is 1. The Morgan fingerprint density at radius 2 is 1.88 bits per heavy atom. The summed E-state index contributed by atoms with van der Waals surface area (Å²) in [5.74, 6) is 0. The van der Waals surface area contributed by atoms with Crippen LogP contribution in [-0.2, 0) is 7.05 Å². The first-order valence-electron chi connectivity index (χ1n) is 8.33. The average molecular weight is 460 g/mol. The summed E-state index contributed by atoms with van der Waals surface area (Å²) in [7, 11) is 2.14. The third-order valence-corrected chi connectivity index (χ3v) is 5.69. The van der Waals surface area contributed by atoms with Crippen molar-refractivity contribution in [2.24, 2.45) is 7.05 Å². The Hall–Kier alpha value is -1.53. The molecule has 2 nitrogen and oxygen atoms in total. The summed E-state index contributed by atoms with van der Waals surface area (Å²) in [6, 6.07) is 19.6. The Balaban J connectivity index is 0.00000182. The molecule has 0 spiro atoms. The van der Waals surface area contributed by atoms with E-state index in [1.54, 1.807) is 0 Å². The molecule has 0 aliphatic carbocycles. The number of halogens is 1. The molecule has 1 aromatic heterocycles. The molecule has 4 heteroatoms. The zero-order valence-electron chi connectivity index (χ0n) is 14.7. The van der Waals surface area contributed by atoms with E-state index in [0.29, 0.717) is 0 Å². The summed E-state index contributed by atoms with van der Waals surface area (Å²) in [6.07, 6.45) is 2.30. The highest BCUT2D eigenvalue weighted by Gasteiger charge is 2.25. The highest BCUT2D eigenvalue weighted by Crippen LogP contribution is 2.46.